The second-order valence-electron chi connectivity index (χ2n) is 5.25. The Morgan fingerprint density at radius 1 is 1.35 bits per heavy atom. The van der Waals surface area contributed by atoms with Crippen LogP contribution in [0.1, 0.15) is 43.2 Å². The molecule has 2 heteroatoms. The van der Waals surface area contributed by atoms with E-state index < -0.39 is 0 Å². The highest BCUT2D eigenvalue weighted by Crippen LogP contribution is 2.30. The van der Waals surface area contributed by atoms with Gasteiger partial charge in [0.25, 0.3) is 0 Å². The van der Waals surface area contributed by atoms with E-state index in [1.165, 1.54) is 31.2 Å². The van der Waals surface area contributed by atoms with E-state index in [1.807, 2.05) is 13.0 Å². The minimum absolute atomic E-state index is 0.144. The SMILES string of the molecule is Cc1ccc(CCC(O)C2CCCC2)c(Cl)c1. The Balaban J connectivity index is 1.88. The van der Waals surface area contributed by atoms with Crippen LogP contribution in [0.25, 0.3) is 0 Å². The lowest BCUT2D eigenvalue weighted by atomic mass is 9.95. The summed E-state index contributed by atoms with van der Waals surface area (Å²) in [7, 11) is 0. The zero-order valence-electron chi connectivity index (χ0n) is 10.5. The van der Waals surface area contributed by atoms with E-state index in [9.17, 15) is 5.11 Å². The lowest BCUT2D eigenvalue weighted by Crippen LogP contribution is -2.18. The summed E-state index contributed by atoms with van der Waals surface area (Å²) >= 11 is 6.19. The van der Waals surface area contributed by atoms with Gasteiger partial charge < -0.3 is 5.11 Å². The first-order valence-electron chi connectivity index (χ1n) is 6.60. The Bertz CT molecular complexity index is 369. The molecule has 0 radical (unpaired) electrons. The highest BCUT2D eigenvalue weighted by molar-refractivity contribution is 6.31. The lowest BCUT2D eigenvalue weighted by Gasteiger charge is -2.17. The van der Waals surface area contributed by atoms with Gasteiger partial charge in [-0.1, -0.05) is 36.6 Å². The van der Waals surface area contributed by atoms with Gasteiger partial charge in [-0.25, -0.2) is 0 Å². The summed E-state index contributed by atoms with van der Waals surface area (Å²) in [4.78, 5) is 0. The molecule has 0 bridgehead atoms. The highest BCUT2D eigenvalue weighted by atomic mass is 35.5. The van der Waals surface area contributed by atoms with Crippen LogP contribution in [0.5, 0.6) is 0 Å². The van der Waals surface area contributed by atoms with E-state index in [-0.39, 0.29) is 6.10 Å². The molecule has 0 spiro atoms. The number of rotatable bonds is 4. The lowest BCUT2D eigenvalue weighted by molar-refractivity contribution is 0.102. The Morgan fingerprint density at radius 2 is 2.06 bits per heavy atom. The third kappa shape index (κ3) is 3.46. The molecule has 1 unspecified atom stereocenters. The second kappa shape index (κ2) is 5.88. The van der Waals surface area contributed by atoms with Gasteiger partial charge in [0.05, 0.1) is 6.10 Å². The molecule has 1 fully saturated rings. The molecule has 17 heavy (non-hydrogen) atoms. The predicted molar refractivity (Wildman–Crippen MR) is 72.5 cm³/mol. The van der Waals surface area contributed by atoms with Crippen molar-refractivity contribution >= 4 is 11.6 Å². The summed E-state index contributed by atoms with van der Waals surface area (Å²) < 4.78 is 0. The van der Waals surface area contributed by atoms with Crippen LogP contribution in [0.3, 0.4) is 0 Å². The molecular weight excluding hydrogens is 232 g/mol. The van der Waals surface area contributed by atoms with Crippen LogP contribution in [0.15, 0.2) is 18.2 Å². The van der Waals surface area contributed by atoms with Crippen molar-refractivity contribution in [2.45, 2.75) is 51.6 Å². The van der Waals surface area contributed by atoms with Crippen LogP contribution in [-0.4, -0.2) is 11.2 Å². The molecule has 1 aliphatic carbocycles. The standard InChI is InChI=1S/C15H21ClO/c1-11-6-7-12(14(16)10-11)8-9-15(17)13-4-2-3-5-13/h6-7,10,13,15,17H,2-5,8-9H2,1H3. The normalized spacial score (nSPS) is 18.5. The van der Waals surface area contributed by atoms with Crippen molar-refractivity contribution in [3.63, 3.8) is 0 Å². The van der Waals surface area contributed by atoms with Crippen LogP contribution >= 0.6 is 11.6 Å². The van der Waals surface area contributed by atoms with Crippen molar-refractivity contribution in [1.82, 2.24) is 0 Å². The molecule has 1 atom stereocenters. The minimum Gasteiger partial charge on any atom is -0.393 e. The van der Waals surface area contributed by atoms with Crippen LogP contribution in [0, 0.1) is 12.8 Å². The van der Waals surface area contributed by atoms with Crippen molar-refractivity contribution in [3.8, 4) is 0 Å². The molecule has 2 rings (SSSR count). The van der Waals surface area contributed by atoms with Gasteiger partial charge in [0.15, 0.2) is 0 Å². The average Bonchev–Trinajstić information content (AvgIpc) is 2.81. The fourth-order valence-electron chi connectivity index (χ4n) is 2.74. The van der Waals surface area contributed by atoms with Crippen molar-refractivity contribution in [3.05, 3.63) is 34.3 Å². The van der Waals surface area contributed by atoms with E-state index in [0.29, 0.717) is 5.92 Å². The fourth-order valence-corrected chi connectivity index (χ4v) is 3.07. The maximum Gasteiger partial charge on any atom is 0.0571 e. The molecule has 1 aliphatic rings. The molecule has 1 aromatic carbocycles. The van der Waals surface area contributed by atoms with Gasteiger partial charge in [0.2, 0.25) is 0 Å². The zero-order valence-corrected chi connectivity index (χ0v) is 11.2. The van der Waals surface area contributed by atoms with Crippen LogP contribution < -0.4 is 0 Å². The molecule has 1 aromatic rings. The largest absolute Gasteiger partial charge is 0.393 e. The Hall–Kier alpha value is -0.530. The molecule has 1 N–H and O–H groups in total. The monoisotopic (exact) mass is 252 g/mol. The summed E-state index contributed by atoms with van der Waals surface area (Å²) in [6, 6.07) is 6.17. The Morgan fingerprint density at radius 3 is 2.71 bits per heavy atom. The number of aryl methyl sites for hydroxylation is 2. The molecule has 0 heterocycles. The molecule has 94 valence electrons. The van der Waals surface area contributed by atoms with Gasteiger partial charge in [-0.15, -0.1) is 0 Å². The van der Waals surface area contributed by atoms with Crippen LogP contribution in [-0.2, 0) is 6.42 Å². The molecule has 0 saturated heterocycles. The van der Waals surface area contributed by atoms with Gasteiger partial charge in [-0.05, 0) is 55.7 Å². The summed E-state index contributed by atoms with van der Waals surface area (Å²) in [6.07, 6.45) is 6.55. The highest BCUT2D eigenvalue weighted by Gasteiger charge is 2.22. The quantitative estimate of drug-likeness (QED) is 0.854. The first-order chi connectivity index (χ1) is 8.16. The Labute approximate surface area is 109 Å². The van der Waals surface area contributed by atoms with Gasteiger partial charge in [0, 0.05) is 5.02 Å². The predicted octanol–water partition coefficient (Wildman–Crippen LogP) is 4.13. The molecular formula is C15H21ClO. The second-order valence-corrected chi connectivity index (χ2v) is 5.65. The maximum atomic E-state index is 10.1. The number of halogens is 1. The minimum atomic E-state index is -0.144. The van der Waals surface area contributed by atoms with Gasteiger partial charge in [-0.2, -0.15) is 0 Å². The number of aliphatic hydroxyl groups is 1. The first-order valence-corrected chi connectivity index (χ1v) is 6.97. The van der Waals surface area contributed by atoms with Crippen molar-refractivity contribution < 1.29 is 5.11 Å². The maximum absolute atomic E-state index is 10.1. The number of aliphatic hydroxyl groups excluding tert-OH is 1. The Kier molecular flexibility index (Phi) is 4.47. The first kappa shape index (κ1) is 12.9. The number of hydrogen-bond acceptors (Lipinski definition) is 1. The molecule has 0 aliphatic heterocycles. The van der Waals surface area contributed by atoms with E-state index in [2.05, 4.69) is 12.1 Å². The molecule has 1 nitrogen and oxygen atoms in total. The smallest absolute Gasteiger partial charge is 0.0571 e. The third-order valence-corrected chi connectivity index (χ3v) is 4.21. The summed E-state index contributed by atoms with van der Waals surface area (Å²) in [5.74, 6) is 0.527. The number of hydrogen-bond donors (Lipinski definition) is 1. The molecule has 0 aromatic heterocycles. The van der Waals surface area contributed by atoms with Crippen LogP contribution in [0.2, 0.25) is 5.02 Å². The molecule has 1 saturated carbocycles. The van der Waals surface area contributed by atoms with E-state index in [4.69, 9.17) is 11.6 Å². The average molecular weight is 253 g/mol. The third-order valence-electron chi connectivity index (χ3n) is 3.86. The van der Waals surface area contributed by atoms with E-state index >= 15 is 0 Å². The molecule has 0 amide bonds. The zero-order chi connectivity index (χ0) is 12.3. The van der Waals surface area contributed by atoms with Crippen molar-refractivity contribution in [2.24, 2.45) is 5.92 Å². The number of benzene rings is 1. The fraction of sp³-hybridized carbons (Fsp3) is 0.600. The van der Waals surface area contributed by atoms with Crippen molar-refractivity contribution in [1.29, 1.82) is 0 Å². The summed E-state index contributed by atoms with van der Waals surface area (Å²) in [6.45, 7) is 2.04. The summed E-state index contributed by atoms with van der Waals surface area (Å²) in [5, 5.41) is 10.9. The van der Waals surface area contributed by atoms with Gasteiger partial charge >= 0.3 is 0 Å². The van der Waals surface area contributed by atoms with Crippen molar-refractivity contribution in [2.75, 3.05) is 0 Å². The van der Waals surface area contributed by atoms with E-state index in [0.717, 1.165) is 23.4 Å². The van der Waals surface area contributed by atoms with E-state index in [1.54, 1.807) is 0 Å². The summed E-state index contributed by atoms with van der Waals surface area (Å²) in [5.41, 5.74) is 2.35. The van der Waals surface area contributed by atoms with Crippen LogP contribution in [0.4, 0.5) is 0 Å². The van der Waals surface area contributed by atoms with Gasteiger partial charge in [0.1, 0.15) is 0 Å². The topological polar surface area (TPSA) is 20.2 Å². The van der Waals surface area contributed by atoms with Gasteiger partial charge in [-0.3, -0.25) is 0 Å².